The van der Waals surface area contributed by atoms with Crippen molar-refractivity contribution >= 4 is 5.97 Å². The van der Waals surface area contributed by atoms with Crippen molar-refractivity contribution < 1.29 is 25.4 Å². The number of carboxylic acid groups (broad SMARTS) is 1. The van der Waals surface area contributed by atoms with Gasteiger partial charge in [0.1, 0.15) is 6.04 Å². The predicted molar refractivity (Wildman–Crippen MR) is 39.5 cm³/mol. The van der Waals surface area contributed by atoms with Gasteiger partial charge >= 0.3 is 5.97 Å². The average molecular weight is 176 g/mol. The Balaban J connectivity index is 2.51. The van der Waals surface area contributed by atoms with Crippen LogP contribution in [0, 0.1) is 0 Å². The van der Waals surface area contributed by atoms with Crippen LogP contribution in [-0.4, -0.2) is 46.1 Å². The lowest BCUT2D eigenvalue weighted by molar-refractivity contribution is -0.723. The summed E-state index contributed by atoms with van der Waals surface area (Å²) >= 11 is 0. The molecule has 0 unspecified atom stereocenters. The van der Waals surface area contributed by atoms with Gasteiger partial charge < -0.3 is 20.6 Å². The van der Waals surface area contributed by atoms with Crippen molar-refractivity contribution in [1.82, 2.24) is 0 Å². The van der Waals surface area contributed by atoms with E-state index in [-0.39, 0.29) is 19.1 Å². The third-order valence-electron chi connectivity index (χ3n) is 2.16. The van der Waals surface area contributed by atoms with Crippen LogP contribution in [-0.2, 0) is 4.79 Å². The lowest BCUT2D eigenvalue weighted by Gasteiger charge is -2.27. The molecular weight excluding hydrogens is 162 g/mol. The molecular formula is C7H14NO4+. The average Bonchev–Trinajstić information content (AvgIpc) is 2.03. The van der Waals surface area contributed by atoms with Crippen LogP contribution in [0.2, 0.25) is 0 Å². The number of aliphatic carboxylic acids is 1. The summed E-state index contributed by atoms with van der Waals surface area (Å²) in [7, 11) is 0. The van der Waals surface area contributed by atoms with Crippen molar-refractivity contribution in [2.24, 2.45) is 0 Å². The summed E-state index contributed by atoms with van der Waals surface area (Å²) in [6, 6.07) is -0.777. The maximum Gasteiger partial charge on any atom is 0.362 e. The van der Waals surface area contributed by atoms with Gasteiger partial charge in [-0.2, -0.15) is 0 Å². The molecule has 0 aromatic carbocycles. The zero-order chi connectivity index (χ0) is 9.14. The minimum Gasteiger partial charge on any atom is -0.477 e. The second-order valence-electron chi connectivity index (χ2n) is 3.21. The highest BCUT2D eigenvalue weighted by Crippen LogP contribution is 2.07. The second-order valence-corrected chi connectivity index (χ2v) is 3.21. The number of aliphatic hydroxyl groups is 2. The summed E-state index contributed by atoms with van der Waals surface area (Å²) in [6.45, 7) is -0.0825. The largest absolute Gasteiger partial charge is 0.477 e. The van der Waals surface area contributed by atoms with Crippen LogP contribution in [0.5, 0.6) is 0 Å². The molecule has 0 radical (unpaired) electrons. The monoisotopic (exact) mass is 176 g/mol. The van der Waals surface area contributed by atoms with E-state index < -0.39 is 18.1 Å². The van der Waals surface area contributed by atoms with Crippen molar-refractivity contribution in [2.45, 2.75) is 31.0 Å². The van der Waals surface area contributed by atoms with Gasteiger partial charge in [0.15, 0.2) is 6.04 Å². The molecule has 0 aromatic rings. The number of quaternary nitrogens is 1. The third kappa shape index (κ3) is 2.17. The summed E-state index contributed by atoms with van der Waals surface area (Å²) in [5.41, 5.74) is 0. The summed E-state index contributed by atoms with van der Waals surface area (Å²) in [5, 5.41) is 28.3. The van der Waals surface area contributed by atoms with Gasteiger partial charge in [-0.1, -0.05) is 0 Å². The standard InChI is InChI=1S/C7H13NO4/c9-3-4-1-5(10)2-6(8-4)7(11)12/h4-6,8-10H,1-3H2,(H,11,12)/p+1/t4-,5+,6+/m0/s1. The first-order chi connectivity index (χ1) is 5.63. The lowest BCUT2D eigenvalue weighted by atomic mass is 9.96. The van der Waals surface area contributed by atoms with Gasteiger partial charge in [-0.25, -0.2) is 4.79 Å². The number of carboxylic acids is 1. The first-order valence-electron chi connectivity index (χ1n) is 4.00. The van der Waals surface area contributed by atoms with E-state index >= 15 is 0 Å². The van der Waals surface area contributed by atoms with Crippen LogP contribution in [0.25, 0.3) is 0 Å². The Morgan fingerprint density at radius 3 is 2.67 bits per heavy atom. The molecule has 0 bridgehead atoms. The smallest absolute Gasteiger partial charge is 0.362 e. The Hall–Kier alpha value is -0.650. The lowest BCUT2D eigenvalue weighted by Crippen LogP contribution is -2.99. The molecule has 0 spiro atoms. The molecule has 1 fully saturated rings. The van der Waals surface area contributed by atoms with Gasteiger partial charge in [0, 0.05) is 12.8 Å². The summed E-state index contributed by atoms with van der Waals surface area (Å²) in [5.74, 6) is -0.924. The van der Waals surface area contributed by atoms with Gasteiger partial charge in [-0.05, 0) is 0 Å². The molecule has 70 valence electrons. The molecule has 1 aliphatic heterocycles. The maximum absolute atomic E-state index is 10.5. The van der Waals surface area contributed by atoms with Crippen LogP contribution in [0.4, 0.5) is 0 Å². The van der Waals surface area contributed by atoms with Crippen LogP contribution >= 0.6 is 0 Å². The molecule has 0 amide bonds. The van der Waals surface area contributed by atoms with Crippen molar-refractivity contribution in [3.63, 3.8) is 0 Å². The second kappa shape index (κ2) is 3.84. The molecule has 0 aromatic heterocycles. The summed E-state index contributed by atoms with van der Waals surface area (Å²) < 4.78 is 0. The molecule has 12 heavy (non-hydrogen) atoms. The zero-order valence-corrected chi connectivity index (χ0v) is 6.68. The van der Waals surface area contributed by atoms with Crippen LogP contribution in [0.1, 0.15) is 12.8 Å². The van der Waals surface area contributed by atoms with E-state index in [1.807, 2.05) is 0 Å². The molecule has 3 atom stereocenters. The minimum absolute atomic E-state index is 0.0825. The van der Waals surface area contributed by atoms with Crippen LogP contribution in [0.3, 0.4) is 0 Å². The van der Waals surface area contributed by atoms with Gasteiger partial charge in [0.05, 0.1) is 12.7 Å². The van der Waals surface area contributed by atoms with Crippen LogP contribution in [0.15, 0.2) is 0 Å². The van der Waals surface area contributed by atoms with E-state index in [1.54, 1.807) is 5.32 Å². The van der Waals surface area contributed by atoms with Crippen LogP contribution < -0.4 is 5.32 Å². The summed E-state index contributed by atoms with van der Waals surface area (Å²) in [4.78, 5) is 10.5. The SMILES string of the molecule is O=C(O)[C@H]1C[C@H](O)C[C@@H](CO)[NH2+]1. The third-order valence-corrected chi connectivity index (χ3v) is 2.16. The first kappa shape index (κ1) is 9.44. The van der Waals surface area contributed by atoms with Crippen molar-refractivity contribution in [3.05, 3.63) is 0 Å². The van der Waals surface area contributed by atoms with Gasteiger partial charge in [0.2, 0.25) is 0 Å². The van der Waals surface area contributed by atoms with E-state index in [1.165, 1.54) is 0 Å². The Morgan fingerprint density at radius 2 is 2.17 bits per heavy atom. The van der Waals surface area contributed by atoms with E-state index in [4.69, 9.17) is 10.2 Å². The molecule has 5 N–H and O–H groups in total. The highest BCUT2D eigenvalue weighted by Gasteiger charge is 2.34. The molecule has 1 aliphatic rings. The predicted octanol–water partition coefficient (Wildman–Crippen LogP) is -2.48. The molecule has 0 aliphatic carbocycles. The highest BCUT2D eigenvalue weighted by molar-refractivity contribution is 5.71. The molecule has 5 nitrogen and oxygen atoms in total. The normalized spacial score (nSPS) is 36.3. The molecule has 1 saturated heterocycles. The van der Waals surface area contributed by atoms with Crippen molar-refractivity contribution in [2.75, 3.05) is 6.61 Å². The Morgan fingerprint density at radius 1 is 1.50 bits per heavy atom. The van der Waals surface area contributed by atoms with E-state index in [2.05, 4.69) is 0 Å². The number of rotatable bonds is 2. The number of hydrogen-bond acceptors (Lipinski definition) is 3. The number of piperidine rings is 1. The fraction of sp³-hybridized carbons (Fsp3) is 0.857. The van der Waals surface area contributed by atoms with Gasteiger partial charge in [-0.15, -0.1) is 0 Å². The number of carbonyl (C=O) groups is 1. The maximum atomic E-state index is 10.5. The van der Waals surface area contributed by atoms with E-state index in [9.17, 15) is 9.90 Å². The van der Waals surface area contributed by atoms with Crippen molar-refractivity contribution in [3.8, 4) is 0 Å². The number of aliphatic hydroxyl groups excluding tert-OH is 2. The van der Waals surface area contributed by atoms with E-state index in [0.29, 0.717) is 6.42 Å². The molecule has 0 saturated carbocycles. The summed E-state index contributed by atoms with van der Waals surface area (Å²) in [6.07, 6.45) is 0.153. The Bertz CT molecular complexity index is 173. The topological polar surface area (TPSA) is 94.4 Å². The fourth-order valence-corrected chi connectivity index (χ4v) is 1.54. The zero-order valence-electron chi connectivity index (χ0n) is 6.68. The molecule has 1 rings (SSSR count). The number of hydrogen-bond donors (Lipinski definition) is 4. The fourth-order valence-electron chi connectivity index (χ4n) is 1.54. The van der Waals surface area contributed by atoms with Crippen molar-refractivity contribution in [1.29, 1.82) is 0 Å². The number of nitrogens with two attached hydrogens (primary N) is 1. The molecule has 5 heteroatoms. The highest BCUT2D eigenvalue weighted by atomic mass is 16.4. The van der Waals surface area contributed by atoms with Gasteiger partial charge in [0.25, 0.3) is 0 Å². The van der Waals surface area contributed by atoms with Gasteiger partial charge in [-0.3, -0.25) is 0 Å². The Labute approximate surface area is 70.0 Å². The molecule has 1 heterocycles. The Kier molecular flexibility index (Phi) is 3.02. The quantitative estimate of drug-likeness (QED) is 0.374. The first-order valence-corrected chi connectivity index (χ1v) is 4.00. The minimum atomic E-state index is -0.924. The van der Waals surface area contributed by atoms with E-state index in [0.717, 1.165) is 0 Å².